The lowest BCUT2D eigenvalue weighted by Gasteiger charge is -2.24. The molecule has 1 amide bonds. The number of halogens is 1. The van der Waals surface area contributed by atoms with Gasteiger partial charge in [-0.25, -0.2) is 4.79 Å². The van der Waals surface area contributed by atoms with E-state index in [9.17, 15) is 4.79 Å². The van der Waals surface area contributed by atoms with Crippen molar-refractivity contribution >= 4 is 22.0 Å². The predicted molar refractivity (Wildman–Crippen MR) is 65.9 cm³/mol. The van der Waals surface area contributed by atoms with Crippen molar-refractivity contribution in [3.8, 4) is 0 Å². The molecule has 4 nitrogen and oxygen atoms in total. The fourth-order valence-corrected chi connectivity index (χ4v) is 2.25. The third-order valence-electron chi connectivity index (χ3n) is 2.23. The van der Waals surface area contributed by atoms with E-state index >= 15 is 0 Å². The zero-order valence-corrected chi connectivity index (χ0v) is 11.9. The SMILES string of the molecule is CCOC1CN(C(=O)OC(C)(C)C)CC1Br. The highest BCUT2D eigenvalue weighted by molar-refractivity contribution is 9.09. The van der Waals surface area contributed by atoms with Crippen molar-refractivity contribution in [1.82, 2.24) is 4.90 Å². The average Bonchev–Trinajstić information content (AvgIpc) is 2.46. The van der Waals surface area contributed by atoms with E-state index in [1.807, 2.05) is 27.7 Å². The molecule has 0 aliphatic carbocycles. The summed E-state index contributed by atoms with van der Waals surface area (Å²) >= 11 is 3.52. The van der Waals surface area contributed by atoms with Gasteiger partial charge in [-0.15, -0.1) is 0 Å². The Morgan fingerprint density at radius 3 is 2.56 bits per heavy atom. The Morgan fingerprint density at radius 1 is 1.44 bits per heavy atom. The largest absolute Gasteiger partial charge is 0.444 e. The van der Waals surface area contributed by atoms with Crippen molar-refractivity contribution in [2.45, 2.75) is 44.2 Å². The number of ether oxygens (including phenoxy) is 2. The first kappa shape index (κ1) is 13.8. The number of amides is 1. The van der Waals surface area contributed by atoms with Crippen molar-refractivity contribution in [1.29, 1.82) is 0 Å². The molecule has 1 fully saturated rings. The van der Waals surface area contributed by atoms with Gasteiger partial charge < -0.3 is 14.4 Å². The first-order valence-electron chi connectivity index (χ1n) is 5.57. The van der Waals surface area contributed by atoms with Gasteiger partial charge in [0.15, 0.2) is 0 Å². The van der Waals surface area contributed by atoms with Crippen molar-refractivity contribution in [3.05, 3.63) is 0 Å². The van der Waals surface area contributed by atoms with Crippen LogP contribution in [0.1, 0.15) is 27.7 Å². The molecule has 2 unspecified atom stereocenters. The molecule has 0 aromatic rings. The summed E-state index contributed by atoms with van der Waals surface area (Å²) in [5.41, 5.74) is -0.442. The number of hydrogen-bond acceptors (Lipinski definition) is 3. The molecule has 1 rings (SSSR count). The van der Waals surface area contributed by atoms with Crippen LogP contribution in [0, 0.1) is 0 Å². The lowest BCUT2D eigenvalue weighted by atomic mass is 10.2. The van der Waals surface area contributed by atoms with E-state index in [0.717, 1.165) is 0 Å². The third kappa shape index (κ3) is 3.94. The van der Waals surface area contributed by atoms with E-state index in [1.54, 1.807) is 4.90 Å². The molecule has 0 spiro atoms. The van der Waals surface area contributed by atoms with E-state index in [0.29, 0.717) is 19.7 Å². The van der Waals surface area contributed by atoms with Crippen LogP contribution < -0.4 is 0 Å². The Bertz CT molecular complexity index is 252. The molecule has 0 aromatic heterocycles. The molecule has 1 aliphatic heterocycles. The maximum Gasteiger partial charge on any atom is 0.410 e. The van der Waals surface area contributed by atoms with Crippen molar-refractivity contribution < 1.29 is 14.3 Å². The second-order valence-electron chi connectivity index (χ2n) is 4.90. The monoisotopic (exact) mass is 293 g/mol. The molecule has 0 N–H and O–H groups in total. The molecule has 0 saturated carbocycles. The van der Waals surface area contributed by atoms with Gasteiger partial charge in [0.25, 0.3) is 0 Å². The highest BCUT2D eigenvalue weighted by Crippen LogP contribution is 2.22. The van der Waals surface area contributed by atoms with E-state index in [2.05, 4.69) is 15.9 Å². The van der Waals surface area contributed by atoms with Crippen LogP contribution in [0.2, 0.25) is 0 Å². The summed E-state index contributed by atoms with van der Waals surface area (Å²) in [4.78, 5) is 13.7. The zero-order chi connectivity index (χ0) is 12.3. The Balaban J connectivity index is 2.48. The first-order chi connectivity index (χ1) is 7.33. The maximum atomic E-state index is 11.8. The number of hydrogen-bond donors (Lipinski definition) is 0. The zero-order valence-electron chi connectivity index (χ0n) is 10.3. The summed E-state index contributed by atoms with van der Waals surface area (Å²) in [6, 6.07) is 0. The molecule has 0 radical (unpaired) electrons. The molecule has 5 heteroatoms. The molecule has 1 aliphatic rings. The number of alkyl halides is 1. The van der Waals surface area contributed by atoms with Gasteiger partial charge in [0.1, 0.15) is 5.60 Å². The van der Waals surface area contributed by atoms with E-state index in [-0.39, 0.29) is 17.0 Å². The van der Waals surface area contributed by atoms with Crippen LogP contribution in [-0.2, 0) is 9.47 Å². The molecular weight excluding hydrogens is 274 g/mol. The van der Waals surface area contributed by atoms with Crippen LogP contribution in [0.15, 0.2) is 0 Å². The first-order valence-corrected chi connectivity index (χ1v) is 6.48. The molecular formula is C11H20BrNO3. The van der Waals surface area contributed by atoms with Crippen LogP contribution >= 0.6 is 15.9 Å². The summed E-state index contributed by atoms with van der Waals surface area (Å²) < 4.78 is 10.8. The Kier molecular flexibility index (Phi) is 4.62. The fraction of sp³-hybridized carbons (Fsp3) is 0.909. The van der Waals surface area contributed by atoms with E-state index in [4.69, 9.17) is 9.47 Å². The van der Waals surface area contributed by atoms with Crippen LogP contribution in [-0.4, -0.2) is 47.2 Å². The Morgan fingerprint density at radius 2 is 2.06 bits per heavy atom. The van der Waals surface area contributed by atoms with Gasteiger partial charge in [0.05, 0.1) is 17.5 Å². The Labute approximate surface area is 105 Å². The Hall–Kier alpha value is -0.290. The lowest BCUT2D eigenvalue weighted by molar-refractivity contribution is 0.0225. The summed E-state index contributed by atoms with van der Waals surface area (Å²) in [5.74, 6) is 0. The van der Waals surface area contributed by atoms with Gasteiger partial charge in [0, 0.05) is 13.2 Å². The quantitative estimate of drug-likeness (QED) is 0.734. The van der Waals surface area contributed by atoms with Crippen molar-refractivity contribution in [2.24, 2.45) is 0 Å². The summed E-state index contributed by atoms with van der Waals surface area (Å²) in [7, 11) is 0. The van der Waals surface area contributed by atoms with Crippen molar-refractivity contribution in [3.63, 3.8) is 0 Å². The molecule has 1 heterocycles. The van der Waals surface area contributed by atoms with Gasteiger partial charge in [-0.05, 0) is 27.7 Å². The highest BCUT2D eigenvalue weighted by atomic mass is 79.9. The molecule has 1 saturated heterocycles. The average molecular weight is 294 g/mol. The molecule has 2 atom stereocenters. The van der Waals surface area contributed by atoms with Crippen LogP contribution in [0.5, 0.6) is 0 Å². The molecule has 0 aromatic carbocycles. The second kappa shape index (κ2) is 5.36. The lowest BCUT2D eigenvalue weighted by Crippen LogP contribution is -2.36. The summed E-state index contributed by atoms with van der Waals surface area (Å²) in [5, 5.41) is 0. The molecule has 94 valence electrons. The number of likely N-dealkylation sites (tertiary alicyclic amines) is 1. The summed E-state index contributed by atoms with van der Waals surface area (Å²) in [6.07, 6.45) is -0.198. The molecule has 0 bridgehead atoms. The number of nitrogens with zero attached hydrogens (tertiary/aromatic N) is 1. The van der Waals surface area contributed by atoms with Crippen LogP contribution in [0.4, 0.5) is 4.79 Å². The number of rotatable bonds is 2. The van der Waals surface area contributed by atoms with Crippen LogP contribution in [0.3, 0.4) is 0 Å². The molecule has 16 heavy (non-hydrogen) atoms. The third-order valence-corrected chi connectivity index (χ3v) is 3.11. The standard InChI is InChI=1S/C11H20BrNO3/c1-5-15-9-7-13(6-8(9)12)10(14)16-11(2,3)4/h8-9H,5-7H2,1-4H3. The van der Waals surface area contributed by atoms with Gasteiger partial charge in [-0.1, -0.05) is 15.9 Å². The van der Waals surface area contributed by atoms with Gasteiger partial charge in [-0.3, -0.25) is 0 Å². The minimum Gasteiger partial charge on any atom is -0.444 e. The van der Waals surface area contributed by atoms with Crippen LogP contribution in [0.25, 0.3) is 0 Å². The highest BCUT2D eigenvalue weighted by Gasteiger charge is 2.36. The van der Waals surface area contributed by atoms with Gasteiger partial charge in [0.2, 0.25) is 0 Å². The fourth-order valence-electron chi connectivity index (χ4n) is 1.58. The topological polar surface area (TPSA) is 38.8 Å². The second-order valence-corrected chi connectivity index (χ2v) is 6.07. The minimum atomic E-state index is -0.442. The van der Waals surface area contributed by atoms with E-state index < -0.39 is 5.60 Å². The smallest absolute Gasteiger partial charge is 0.410 e. The number of carbonyl (C=O) groups excluding carboxylic acids is 1. The predicted octanol–water partition coefficient (Wildman–Crippen LogP) is 2.41. The van der Waals surface area contributed by atoms with Gasteiger partial charge in [-0.2, -0.15) is 0 Å². The van der Waals surface area contributed by atoms with E-state index in [1.165, 1.54) is 0 Å². The minimum absolute atomic E-state index is 0.0671. The number of carbonyl (C=O) groups is 1. The summed E-state index contributed by atoms with van der Waals surface area (Å²) in [6.45, 7) is 9.45. The normalized spacial score (nSPS) is 25.9. The maximum absolute atomic E-state index is 11.8. The van der Waals surface area contributed by atoms with Crippen molar-refractivity contribution in [2.75, 3.05) is 19.7 Å². The van der Waals surface area contributed by atoms with Gasteiger partial charge >= 0.3 is 6.09 Å².